The molecule has 3 rings (SSSR count). The van der Waals surface area contributed by atoms with Crippen LogP contribution in [0.4, 0.5) is 23.2 Å². The molecule has 0 saturated carbocycles. The number of hydrogen-bond acceptors (Lipinski definition) is 5. The molecule has 2 aliphatic rings. The van der Waals surface area contributed by atoms with Crippen molar-refractivity contribution in [1.29, 1.82) is 0 Å². The molecule has 0 radical (unpaired) electrons. The summed E-state index contributed by atoms with van der Waals surface area (Å²) in [5, 5.41) is 3.03. The number of nitrogens with one attached hydrogen (secondary N) is 2. The Balaban J connectivity index is 1.60. The average Bonchev–Trinajstić information content (AvgIpc) is 2.87. The van der Waals surface area contributed by atoms with Crippen LogP contribution >= 0.6 is 23.9 Å². The summed E-state index contributed by atoms with van der Waals surface area (Å²) in [5.74, 6) is -1.11. The molecule has 4 nitrogen and oxygen atoms in total. The SMILES string of the molecule is CSN1C2CCC1CC(NC(=O)c1ccc(F)cc1NSCCC(F)(F)F)C2. The molecule has 0 spiro atoms. The summed E-state index contributed by atoms with van der Waals surface area (Å²) in [6.45, 7) is 0. The quantitative estimate of drug-likeness (QED) is 0.363. The third kappa shape index (κ3) is 5.48. The minimum absolute atomic E-state index is 0.0455. The van der Waals surface area contributed by atoms with Crippen LogP contribution in [0.1, 0.15) is 42.5 Å². The van der Waals surface area contributed by atoms with Crippen molar-refractivity contribution >= 4 is 35.5 Å². The molecule has 2 fully saturated rings. The second kappa shape index (κ2) is 9.13. The molecular weight excluding hydrogens is 414 g/mol. The van der Waals surface area contributed by atoms with Crippen molar-refractivity contribution in [1.82, 2.24) is 9.62 Å². The van der Waals surface area contributed by atoms with Crippen molar-refractivity contribution in [3.63, 3.8) is 0 Å². The zero-order valence-electron chi connectivity index (χ0n) is 15.4. The smallest absolute Gasteiger partial charge is 0.349 e. The number of rotatable bonds is 7. The van der Waals surface area contributed by atoms with Gasteiger partial charge in [-0.15, -0.1) is 0 Å². The molecule has 0 aromatic heterocycles. The first-order chi connectivity index (χ1) is 13.3. The van der Waals surface area contributed by atoms with Crippen LogP contribution in [0.5, 0.6) is 0 Å². The third-order valence-electron chi connectivity index (χ3n) is 5.11. The fourth-order valence-corrected chi connectivity index (χ4v) is 5.65. The van der Waals surface area contributed by atoms with Gasteiger partial charge in [0.2, 0.25) is 0 Å². The van der Waals surface area contributed by atoms with Gasteiger partial charge in [-0.1, -0.05) is 23.9 Å². The van der Waals surface area contributed by atoms with E-state index in [1.54, 1.807) is 11.9 Å². The first-order valence-corrected chi connectivity index (χ1v) is 11.3. The summed E-state index contributed by atoms with van der Waals surface area (Å²) in [6, 6.07) is 4.62. The van der Waals surface area contributed by atoms with Crippen LogP contribution in [-0.2, 0) is 0 Å². The normalized spacial score (nSPS) is 25.0. The highest BCUT2D eigenvalue weighted by Gasteiger charge is 2.41. The second-order valence-electron chi connectivity index (χ2n) is 7.07. The fourth-order valence-electron chi connectivity index (χ4n) is 3.91. The van der Waals surface area contributed by atoms with Crippen molar-refractivity contribution in [3.8, 4) is 0 Å². The van der Waals surface area contributed by atoms with E-state index in [-0.39, 0.29) is 29.0 Å². The molecule has 1 amide bonds. The van der Waals surface area contributed by atoms with Crippen molar-refractivity contribution < 1.29 is 22.4 Å². The van der Waals surface area contributed by atoms with E-state index in [1.807, 2.05) is 0 Å². The van der Waals surface area contributed by atoms with E-state index in [0.29, 0.717) is 12.1 Å². The van der Waals surface area contributed by atoms with Crippen LogP contribution in [0.25, 0.3) is 0 Å². The Hall–Kier alpha value is -1.13. The Morgan fingerprint density at radius 2 is 1.93 bits per heavy atom. The van der Waals surface area contributed by atoms with Gasteiger partial charge in [0, 0.05) is 23.9 Å². The molecule has 28 heavy (non-hydrogen) atoms. The zero-order chi connectivity index (χ0) is 20.3. The lowest BCUT2D eigenvalue weighted by atomic mass is 9.99. The molecule has 2 N–H and O–H groups in total. The predicted molar refractivity (Wildman–Crippen MR) is 106 cm³/mol. The molecule has 2 heterocycles. The number of carbonyl (C=O) groups excluding carboxylic acids is 1. The van der Waals surface area contributed by atoms with E-state index in [4.69, 9.17) is 0 Å². The number of hydrogen-bond donors (Lipinski definition) is 2. The highest BCUT2D eigenvalue weighted by atomic mass is 32.2. The summed E-state index contributed by atoms with van der Waals surface area (Å²) < 4.78 is 55.5. The van der Waals surface area contributed by atoms with E-state index >= 15 is 0 Å². The maximum Gasteiger partial charge on any atom is 0.389 e. The number of piperidine rings is 1. The Kier molecular flexibility index (Phi) is 7.03. The standard InChI is InChI=1S/C18H23F4N3OS2/c1-27-25-13-3-4-14(25)10-12(9-13)23-17(26)15-5-2-11(19)8-16(15)24-28-7-6-18(20,21)22/h2,5,8,12-14,24H,3-4,6-7,9-10H2,1H3,(H,23,26). The van der Waals surface area contributed by atoms with Gasteiger partial charge in [-0.3, -0.25) is 4.79 Å². The Bertz CT molecular complexity index is 690. The first kappa shape index (κ1) is 21.6. The van der Waals surface area contributed by atoms with Gasteiger partial charge in [-0.25, -0.2) is 8.70 Å². The number of nitrogens with zero attached hydrogens (tertiary/aromatic N) is 1. The largest absolute Gasteiger partial charge is 0.389 e. The Morgan fingerprint density at radius 1 is 1.25 bits per heavy atom. The van der Waals surface area contributed by atoms with Gasteiger partial charge in [-0.2, -0.15) is 13.2 Å². The number of amides is 1. The van der Waals surface area contributed by atoms with Gasteiger partial charge >= 0.3 is 6.18 Å². The number of fused-ring (bicyclic) bond motifs is 2. The maximum atomic E-state index is 13.6. The van der Waals surface area contributed by atoms with Crippen molar-refractivity contribution in [3.05, 3.63) is 29.6 Å². The van der Waals surface area contributed by atoms with Crippen LogP contribution in [0.15, 0.2) is 18.2 Å². The van der Waals surface area contributed by atoms with Crippen molar-refractivity contribution in [2.24, 2.45) is 0 Å². The molecular formula is C18H23F4N3OS2. The number of carbonyl (C=O) groups is 1. The molecule has 2 atom stereocenters. The fraction of sp³-hybridized carbons (Fsp3) is 0.611. The molecule has 2 saturated heterocycles. The average molecular weight is 438 g/mol. The van der Waals surface area contributed by atoms with E-state index in [2.05, 4.69) is 20.6 Å². The van der Waals surface area contributed by atoms with Crippen molar-refractivity contribution in [2.75, 3.05) is 16.7 Å². The summed E-state index contributed by atoms with van der Waals surface area (Å²) in [4.78, 5) is 12.7. The van der Waals surface area contributed by atoms with Gasteiger partial charge in [0.1, 0.15) is 5.82 Å². The van der Waals surface area contributed by atoms with Gasteiger partial charge < -0.3 is 10.0 Å². The topological polar surface area (TPSA) is 44.4 Å². The molecule has 156 valence electrons. The lowest BCUT2D eigenvalue weighted by Crippen LogP contribution is -2.47. The molecule has 2 aliphatic heterocycles. The van der Waals surface area contributed by atoms with E-state index in [0.717, 1.165) is 43.7 Å². The highest BCUT2D eigenvalue weighted by molar-refractivity contribution is 8.00. The lowest BCUT2D eigenvalue weighted by molar-refractivity contribution is -0.129. The number of benzene rings is 1. The maximum absolute atomic E-state index is 13.6. The first-order valence-electron chi connectivity index (χ1n) is 9.14. The van der Waals surface area contributed by atoms with Crippen LogP contribution in [0, 0.1) is 5.82 Å². The van der Waals surface area contributed by atoms with E-state index in [1.165, 1.54) is 12.1 Å². The van der Waals surface area contributed by atoms with Crippen LogP contribution < -0.4 is 10.0 Å². The van der Waals surface area contributed by atoms with Gasteiger partial charge in [0.25, 0.3) is 5.91 Å². The molecule has 10 heteroatoms. The summed E-state index contributed by atoms with van der Waals surface area (Å²) in [7, 11) is 0. The Labute approximate surface area is 170 Å². The minimum Gasteiger partial charge on any atom is -0.349 e. The van der Waals surface area contributed by atoms with Gasteiger partial charge in [0.05, 0.1) is 17.7 Å². The zero-order valence-corrected chi connectivity index (χ0v) is 17.0. The third-order valence-corrected chi connectivity index (χ3v) is 6.90. The Morgan fingerprint density at radius 3 is 2.54 bits per heavy atom. The molecule has 1 aromatic rings. The summed E-state index contributed by atoms with van der Waals surface area (Å²) in [6.07, 6.45) is 0.839. The highest BCUT2D eigenvalue weighted by Crippen LogP contribution is 2.39. The van der Waals surface area contributed by atoms with Crippen molar-refractivity contribution in [2.45, 2.75) is 56.4 Å². The number of halogens is 4. The van der Waals surface area contributed by atoms with Crippen LogP contribution in [0.3, 0.4) is 0 Å². The van der Waals surface area contributed by atoms with E-state index in [9.17, 15) is 22.4 Å². The summed E-state index contributed by atoms with van der Waals surface area (Å²) in [5.41, 5.74) is 0.426. The monoisotopic (exact) mass is 437 g/mol. The van der Waals surface area contributed by atoms with Crippen LogP contribution in [-0.4, -0.2) is 46.5 Å². The van der Waals surface area contributed by atoms with E-state index < -0.39 is 18.4 Å². The molecule has 1 aromatic carbocycles. The number of alkyl halides is 3. The minimum atomic E-state index is -4.25. The molecule has 2 bridgehead atoms. The predicted octanol–water partition coefficient (Wildman–Crippen LogP) is 4.84. The molecule has 0 aliphatic carbocycles. The van der Waals surface area contributed by atoms with Gasteiger partial charge in [0.15, 0.2) is 0 Å². The molecule has 2 unspecified atom stereocenters. The van der Waals surface area contributed by atoms with Gasteiger partial charge in [-0.05, 0) is 50.1 Å². The summed E-state index contributed by atoms with van der Waals surface area (Å²) >= 11 is 2.55. The lowest BCUT2D eigenvalue weighted by Gasteiger charge is -2.37. The number of anilines is 1. The second-order valence-corrected chi connectivity index (χ2v) is 8.76. The van der Waals surface area contributed by atoms with Crippen LogP contribution in [0.2, 0.25) is 0 Å².